The fourth-order valence-electron chi connectivity index (χ4n) is 3.50. The van der Waals surface area contributed by atoms with Gasteiger partial charge in [-0.1, -0.05) is 34.1 Å². The number of hydrogen-bond acceptors (Lipinski definition) is 3. The van der Waals surface area contributed by atoms with Crippen LogP contribution in [0.1, 0.15) is 44.6 Å². The van der Waals surface area contributed by atoms with Crippen LogP contribution in [0.2, 0.25) is 0 Å². The molecule has 1 saturated heterocycles. The second-order valence-corrected chi connectivity index (χ2v) is 8.27. The number of hydrogen-bond donors (Lipinski definition) is 2. The molecule has 2 N–H and O–H groups in total. The molecule has 28 heavy (non-hydrogen) atoms. The van der Waals surface area contributed by atoms with Crippen LogP contribution in [0.5, 0.6) is 0 Å². The second-order valence-electron chi connectivity index (χ2n) is 7.42. The Morgan fingerprint density at radius 1 is 1.25 bits per heavy atom. The number of ether oxygens (including phenoxy) is 2. The van der Waals surface area contributed by atoms with Gasteiger partial charge in [-0.15, -0.1) is 24.0 Å². The third kappa shape index (κ3) is 7.15. The lowest BCUT2D eigenvalue weighted by atomic mass is 9.96. The van der Waals surface area contributed by atoms with Crippen molar-refractivity contribution >= 4 is 45.9 Å². The summed E-state index contributed by atoms with van der Waals surface area (Å²) in [5, 5.41) is 6.81. The van der Waals surface area contributed by atoms with Gasteiger partial charge in [0.2, 0.25) is 0 Å². The smallest absolute Gasteiger partial charge is 0.191 e. The van der Waals surface area contributed by atoms with Crippen molar-refractivity contribution in [3.63, 3.8) is 0 Å². The van der Waals surface area contributed by atoms with Crippen LogP contribution in [0.4, 0.5) is 0 Å². The Hall–Kier alpha value is -0.380. The molecule has 7 heteroatoms. The monoisotopic (exact) mass is 565 g/mol. The fourth-order valence-corrected chi connectivity index (χ4v) is 4.20. The van der Waals surface area contributed by atoms with E-state index in [0.717, 1.165) is 64.7 Å². The first-order valence-corrected chi connectivity index (χ1v) is 11.0. The minimum absolute atomic E-state index is 0. The van der Waals surface area contributed by atoms with Crippen molar-refractivity contribution in [2.75, 3.05) is 39.5 Å². The van der Waals surface area contributed by atoms with Crippen LogP contribution in [-0.2, 0) is 14.9 Å². The van der Waals surface area contributed by atoms with E-state index in [9.17, 15) is 0 Å². The van der Waals surface area contributed by atoms with E-state index in [4.69, 9.17) is 14.5 Å². The Bertz CT molecular complexity index is 619. The number of benzene rings is 1. The van der Waals surface area contributed by atoms with Crippen LogP contribution >= 0.6 is 39.9 Å². The van der Waals surface area contributed by atoms with Gasteiger partial charge in [-0.25, -0.2) is 0 Å². The Kier molecular flexibility index (Phi) is 10.5. The summed E-state index contributed by atoms with van der Waals surface area (Å²) in [5.74, 6) is 0.905. The average Bonchev–Trinajstić information content (AvgIpc) is 3.48. The molecule has 0 radical (unpaired) electrons. The molecule has 0 spiro atoms. The molecule has 1 aromatic rings. The molecular formula is C21H33BrIN3O2. The summed E-state index contributed by atoms with van der Waals surface area (Å²) in [4.78, 5) is 4.87. The molecule has 5 nitrogen and oxygen atoms in total. The van der Waals surface area contributed by atoms with E-state index in [-0.39, 0.29) is 29.4 Å². The average molecular weight is 566 g/mol. The predicted molar refractivity (Wildman–Crippen MR) is 129 cm³/mol. The molecule has 0 aromatic heterocycles. The molecule has 0 bridgehead atoms. The van der Waals surface area contributed by atoms with Crippen molar-refractivity contribution in [3.8, 4) is 0 Å². The maximum absolute atomic E-state index is 5.93. The van der Waals surface area contributed by atoms with Crippen molar-refractivity contribution in [1.82, 2.24) is 10.6 Å². The van der Waals surface area contributed by atoms with E-state index < -0.39 is 0 Å². The first-order valence-electron chi connectivity index (χ1n) is 10.2. The molecule has 1 aliphatic heterocycles. The first kappa shape index (κ1) is 23.9. The van der Waals surface area contributed by atoms with Gasteiger partial charge in [0.05, 0.1) is 12.6 Å². The summed E-state index contributed by atoms with van der Waals surface area (Å²) < 4.78 is 12.5. The first-order chi connectivity index (χ1) is 13.2. The third-order valence-corrected chi connectivity index (χ3v) is 6.01. The molecule has 1 saturated carbocycles. The maximum atomic E-state index is 5.93. The van der Waals surface area contributed by atoms with Crippen molar-refractivity contribution in [1.29, 1.82) is 0 Å². The number of nitrogens with one attached hydrogen (secondary N) is 2. The van der Waals surface area contributed by atoms with Crippen molar-refractivity contribution < 1.29 is 9.47 Å². The summed E-state index contributed by atoms with van der Waals surface area (Å²) in [6, 6.07) is 8.54. The van der Waals surface area contributed by atoms with E-state index in [0.29, 0.717) is 6.10 Å². The topological polar surface area (TPSA) is 54.9 Å². The van der Waals surface area contributed by atoms with E-state index in [1.54, 1.807) is 0 Å². The van der Waals surface area contributed by atoms with E-state index >= 15 is 0 Å². The molecule has 1 aliphatic carbocycles. The molecule has 0 amide bonds. The highest BCUT2D eigenvalue weighted by molar-refractivity contribution is 14.0. The van der Waals surface area contributed by atoms with E-state index in [1.165, 1.54) is 22.9 Å². The highest BCUT2D eigenvalue weighted by Crippen LogP contribution is 2.50. The maximum Gasteiger partial charge on any atom is 0.191 e. The van der Waals surface area contributed by atoms with Crippen molar-refractivity contribution in [3.05, 3.63) is 34.3 Å². The minimum atomic E-state index is 0. The molecular weight excluding hydrogens is 533 g/mol. The Balaban J connectivity index is 0.00000280. The SMILES string of the molecule is CCNC(=NCC1(c2ccccc2Br)CC1)NCCCOC1CCOCC1.I. The summed E-state index contributed by atoms with van der Waals surface area (Å²) in [5.41, 5.74) is 1.59. The van der Waals surface area contributed by atoms with Crippen LogP contribution in [0.25, 0.3) is 0 Å². The molecule has 1 aromatic carbocycles. The van der Waals surface area contributed by atoms with Gasteiger partial charge >= 0.3 is 0 Å². The summed E-state index contributed by atoms with van der Waals surface area (Å²) in [6.45, 7) is 7.12. The highest BCUT2D eigenvalue weighted by atomic mass is 127. The molecule has 1 heterocycles. The number of rotatable bonds is 9. The number of halogens is 2. The Morgan fingerprint density at radius 3 is 2.68 bits per heavy atom. The van der Waals surface area contributed by atoms with Crippen LogP contribution in [-0.4, -0.2) is 51.5 Å². The van der Waals surface area contributed by atoms with Gasteiger partial charge in [0.25, 0.3) is 0 Å². The number of aliphatic imine (C=N–C) groups is 1. The lowest BCUT2D eigenvalue weighted by molar-refractivity contribution is -0.0320. The van der Waals surface area contributed by atoms with Crippen LogP contribution in [0.3, 0.4) is 0 Å². The van der Waals surface area contributed by atoms with Crippen LogP contribution in [0.15, 0.2) is 33.7 Å². The molecule has 2 fully saturated rings. The van der Waals surface area contributed by atoms with Crippen LogP contribution < -0.4 is 10.6 Å². The molecule has 2 aliphatic rings. The van der Waals surface area contributed by atoms with E-state index in [2.05, 4.69) is 57.8 Å². The Labute approximate surface area is 194 Å². The fraction of sp³-hybridized carbons (Fsp3) is 0.667. The summed E-state index contributed by atoms with van der Waals surface area (Å²) >= 11 is 3.70. The summed E-state index contributed by atoms with van der Waals surface area (Å²) in [6.07, 6.45) is 5.81. The molecule has 0 unspecified atom stereocenters. The van der Waals surface area contributed by atoms with Gasteiger partial charge in [-0.3, -0.25) is 4.99 Å². The largest absolute Gasteiger partial charge is 0.381 e. The van der Waals surface area contributed by atoms with Gasteiger partial charge in [0.15, 0.2) is 5.96 Å². The molecule has 3 rings (SSSR count). The van der Waals surface area contributed by atoms with Crippen LogP contribution in [0, 0.1) is 0 Å². The van der Waals surface area contributed by atoms with E-state index in [1.807, 2.05) is 0 Å². The zero-order valence-electron chi connectivity index (χ0n) is 16.7. The third-order valence-electron chi connectivity index (χ3n) is 5.32. The number of nitrogens with zero attached hydrogens (tertiary/aromatic N) is 1. The predicted octanol–water partition coefficient (Wildman–Crippen LogP) is 4.24. The summed E-state index contributed by atoms with van der Waals surface area (Å²) in [7, 11) is 0. The van der Waals surface area contributed by atoms with Crippen molar-refractivity contribution in [2.45, 2.75) is 50.5 Å². The Morgan fingerprint density at radius 2 is 2.00 bits per heavy atom. The normalized spacial score (nSPS) is 19.0. The standard InChI is InChI=1S/C21H32BrN3O2.HI/c1-2-23-20(24-12-5-13-27-17-8-14-26-15-9-17)25-16-21(10-11-21)18-6-3-4-7-19(18)22;/h3-4,6-7,17H,2,5,8-16H2,1H3,(H2,23,24,25);1H. The van der Waals surface area contributed by atoms with Gasteiger partial charge in [0, 0.05) is 42.8 Å². The quantitative estimate of drug-likeness (QED) is 0.203. The number of guanidine groups is 1. The second kappa shape index (κ2) is 12.3. The van der Waals surface area contributed by atoms with Gasteiger partial charge in [-0.2, -0.15) is 0 Å². The molecule has 158 valence electrons. The van der Waals surface area contributed by atoms with Crippen molar-refractivity contribution in [2.24, 2.45) is 4.99 Å². The zero-order chi connectivity index (χ0) is 19.0. The lowest BCUT2D eigenvalue weighted by Gasteiger charge is -2.22. The minimum Gasteiger partial charge on any atom is -0.381 e. The van der Waals surface area contributed by atoms with Gasteiger partial charge < -0.3 is 20.1 Å². The van der Waals surface area contributed by atoms with Gasteiger partial charge in [0.1, 0.15) is 0 Å². The highest BCUT2D eigenvalue weighted by Gasteiger charge is 2.45. The zero-order valence-corrected chi connectivity index (χ0v) is 20.6. The molecule has 0 atom stereocenters. The van der Waals surface area contributed by atoms with Gasteiger partial charge in [-0.05, 0) is 50.7 Å². The lowest BCUT2D eigenvalue weighted by Crippen LogP contribution is -2.38.